The zero-order valence-corrected chi connectivity index (χ0v) is 22.4. The van der Waals surface area contributed by atoms with Gasteiger partial charge in [0.1, 0.15) is 17.0 Å². The molecule has 4 aliphatic rings. The number of alkyl carbamates (subject to hydrolysis) is 1. The summed E-state index contributed by atoms with van der Waals surface area (Å²) in [6.07, 6.45) is 4.39. The fraction of sp³-hybridized carbons (Fsp3) is 0.452. The third-order valence-electron chi connectivity index (χ3n) is 7.86. The molecule has 7 nitrogen and oxygen atoms in total. The van der Waals surface area contributed by atoms with Crippen molar-refractivity contribution in [1.82, 2.24) is 10.2 Å². The van der Waals surface area contributed by atoms with Crippen molar-refractivity contribution in [1.29, 1.82) is 0 Å². The van der Waals surface area contributed by atoms with Crippen LogP contribution >= 0.6 is 0 Å². The van der Waals surface area contributed by atoms with Crippen molar-refractivity contribution in [3.8, 4) is 17.6 Å². The van der Waals surface area contributed by atoms with Crippen LogP contribution in [0.4, 0.5) is 4.79 Å². The predicted molar refractivity (Wildman–Crippen MR) is 144 cm³/mol. The van der Waals surface area contributed by atoms with Crippen LogP contribution in [0.2, 0.25) is 0 Å². The number of benzene rings is 2. The third-order valence-corrected chi connectivity index (χ3v) is 7.86. The lowest BCUT2D eigenvalue weighted by Gasteiger charge is -2.38. The van der Waals surface area contributed by atoms with Crippen LogP contribution in [0, 0.1) is 17.8 Å². The highest BCUT2D eigenvalue weighted by atomic mass is 16.6. The quantitative estimate of drug-likeness (QED) is 0.520. The molecule has 2 aliphatic heterocycles. The van der Waals surface area contributed by atoms with Gasteiger partial charge in [-0.1, -0.05) is 36.1 Å². The van der Waals surface area contributed by atoms with Gasteiger partial charge in [-0.05, 0) is 88.6 Å². The molecular weight excluding hydrogens is 478 g/mol. The van der Waals surface area contributed by atoms with Gasteiger partial charge in [0.2, 0.25) is 11.5 Å². The third kappa shape index (κ3) is 4.03. The summed E-state index contributed by atoms with van der Waals surface area (Å²) >= 11 is 0. The van der Waals surface area contributed by atoms with E-state index in [1.165, 1.54) is 16.0 Å². The molecule has 2 aliphatic carbocycles. The monoisotopic (exact) mass is 511 g/mol. The SMILES string of the molecule is CN1C(=O)C2(N=C1NC(=O)OC(C)(C)C)c1cc(C#CC3CC3)ccc1OC21CCc2ccccc2CC1. The largest absolute Gasteiger partial charge is 0.483 e. The number of aliphatic imine (C=N–C) groups is 1. The lowest BCUT2D eigenvalue weighted by molar-refractivity contribution is -0.138. The number of rotatable bonds is 0. The van der Waals surface area contributed by atoms with E-state index in [0.717, 1.165) is 31.2 Å². The number of aryl methyl sites for hydroxylation is 2. The molecule has 7 heteroatoms. The van der Waals surface area contributed by atoms with Crippen molar-refractivity contribution >= 4 is 18.0 Å². The highest BCUT2D eigenvalue weighted by molar-refractivity contribution is 6.12. The minimum atomic E-state index is -1.33. The van der Waals surface area contributed by atoms with Crippen LogP contribution in [0.15, 0.2) is 47.5 Å². The first-order chi connectivity index (χ1) is 18.1. The Hall–Kier alpha value is -3.79. The topological polar surface area (TPSA) is 80.2 Å². The van der Waals surface area contributed by atoms with Crippen LogP contribution in [0.25, 0.3) is 0 Å². The zero-order valence-electron chi connectivity index (χ0n) is 22.4. The van der Waals surface area contributed by atoms with E-state index in [4.69, 9.17) is 14.5 Å². The van der Waals surface area contributed by atoms with Gasteiger partial charge in [-0.15, -0.1) is 0 Å². The Labute approximate surface area is 223 Å². The standard InChI is InChI=1S/C31H33N3O4/c1-29(2,3)38-28(36)32-27-33-31(26(35)34(27)4)24-19-21(12-11-20-9-10-20)13-14-25(24)37-30(31)17-15-22-7-5-6-8-23(22)16-18-30/h5-8,13-14,19-20H,9-10,15-18H2,1-4H3,(H,32,33,36). The maximum Gasteiger partial charge on any atom is 0.414 e. The Bertz CT molecular complexity index is 1400. The molecule has 1 saturated carbocycles. The van der Waals surface area contributed by atoms with E-state index in [1.807, 2.05) is 18.2 Å². The van der Waals surface area contributed by atoms with E-state index in [2.05, 4.69) is 41.4 Å². The van der Waals surface area contributed by atoms with Crippen molar-refractivity contribution in [2.45, 2.75) is 76.0 Å². The number of hydrogen-bond acceptors (Lipinski definition) is 5. The maximum absolute atomic E-state index is 14.3. The molecule has 2 heterocycles. The zero-order chi connectivity index (χ0) is 26.7. The average Bonchev–Trinajstić information content (AvgIpc) is 3.64. The van der Waals surface area contributed by atoms with Gasteiger partial charge in [-0.3, -0.25) is 15.0 Å². The molecule has 6 rings (SSSR count). The van der Waals surface area contributed by atoms with Crippen LogP contribution in [0.5, 0.6) is 5.75 Å². The summed E-state index contributed by atoms with van der Waals surface area (Å²) in [5.74, 6) is 7.66. The van der Waals surface area contributed by atoms with Crippen molar-refractivity contribution in [2.24, 2.45) is 10.9 Å². The highest BCUT2D eigenvalue weighted by Crippen LogP contribution is 2.57. The molecular formula is C31H33N3O4. The van der Waals surface area contributed by atoms with Crippen LogP contribution in [0.1, 0.15) is 68.7 Å². The second-order valence-corrected chi connectivity index (χ2v) is 11.8. The molecule has 1 unspecified atom stereocenters. The van der Waals surface area contributed by atoms with Gasteiger partial charge in [0.15, 0.2) is 0 Å². The lowest BCUT2D eigenvalue weighted by Crippen LogP contribution is -2.56. The van der Waals surface area contributed by atoms with Crippen LogP contribution in [-0.2, 0) is 27.9 Å². The number of amides is 2. The summed E-state index contributed by atoms with van der Waals surface area (Å²) < 4.78 is 12.2. The minimum absolute atomic E-state index is 0.163. The van der Waals surface area contributed by atoms with E-state index in [0.29, 0.717) is 30.1 Å². The molecule has 2 aromatic carbocycles. The summed E-state index contributed by atoms with van der Waals surface area (Å²) in [5.41, 5.74) is 1.17. The van der Waals surface area contributed by atoms with Crippen molar-refractivity contribution in [3.63, 3.8) is 0 Å². The number of carbonyl (C=O) groups excluding carboxylic acids is 2. The number of nitrogens with one attached hydrogen (secondary N) is 1. The molecule has 2 spiro atoms. The van der Waals surface area contributed by atoms with Crippen molar-refractivity contribution in [3.05, 3.63) is 64.7 Å². The van der Waals surface area contributed by atoms with Gasteiger partial charge in [-0.25, -0.2) is 9.79 Å². The molecule has 38 heavy (non-hydrogen) atoms. The number of fused-ring (bicyclic) bond motifs is 4. The van der Waals surface area contributed by atoms with E-state index < -0.39 is 22.8 Å². The Kier molecular flexibility index (Phi) is 5.57. The van der Waals surface area contributed by atoms with Gasteiger partial charge in [0.25, 0.3) is 5.91 Å². The first-order valence-electron chi connectivity index (χ1n) is 13.4. The van der Waals surface area contributed by atoms with Crippen molar-refractivity contribution in [2.75, 3.05) is 7.05 Å². The van der Waals surface area contributed by atoms with Crippen LogP contribution in [0.3, 0.4) is 0 Å². The second-order valence-electron chi connectivity index (χ2n) is 11.8. The van der Waals surface area contributed by atoms with Gasteiger partial charge in [0, 0.05) is 24.1 Å². The van der Waals surface area contributed by atoms with Gasteiger partial charge >= 0.3 is 6.09 Å². The number of nitrogens with zero attached hydrogens (tertiary/aromatic N) is 2. The summed E-state index contributed by atoms with van der Waals surface area (Å²) in [4.78, 5) is 33.5. The molecule has 1 atom stereocenters. The number of ether oxygens (including phenoxy) is 2. The molecule has 0 radical (unpaired) electrons. The van der Waals surface area contributed by atoms with Crippen LogP contribution < -0.4 is 10.1 Å². The van der Waals surface area contributed by atoms with E-state index in [-0.39, 0.29) is 11.9 Å². The summed E-state index contributed by atoms with van der Waals surface area (Å²) in [7, 11) is 1.64. The van der Waals surface area contributed by atoms with Gasteiger partial charge in [-0.2, -0.15) is 0 Å². The predicted octanol–water partition coefficient (Wildman–Crippen LogP) is 4.71. The normalized spacial score (nSPS) is 23.1. The Morgan fingerprint density at radius 3 is 2.45 bits per heavy atom. The highest BCUT2D eigenvalue weighted by Gasteiger charge is 2.68. The second kappa shape index (κ2) is 8.62. The summed E-state index contributed by atoms with van der Waals surface area (Å²) in [5, 5.41) is 2.73. The molecule has 2 aromatic rings. The lowest BCUT2D eigenvalue weighted by atomic mass is 9.71. The van der Waals surface area contributed by atoms with Gasteiger partial charge < -0.3 is 9.47 Å². The first-order valence-corrected chi connectivity index (χ1v) is 13.4. The Morgan fingerprint density at radius 1 is 1.13 bits per heavy atom. The number of carbonyl (C=O) groups is 2. The molecule has 0 saturated heterocycles. The molecule has 0 bridgehead atoms. The smallest absolute Gasteiger partial charge is 0.414 e. The van der Waals surface area contributed by atoms with E-state index >= 15 is 0 Å². The van der Waals surface area contributed by atoms with Crippen molar-refractivity contribution < 1.29 is 19.1 Å². The van der Waals surface area contributed by atoms with E-state index in [9.17, 15) is 9.59 Å². The first kappa shape index (κ1) is 24.5. The Balaban J connectivity index is 1.46. The fourth-order valence-electron chi connectivity index (χ4n) is 5.83. The molecule has 0 aromatic heterocycles. The number of hydrogen-bond donors (Lipinski definition) is 1. The number of guanidine groups is 1. The van der Waals surface area contributed by atoms with E-state index in [1.54, 1.807) is 27.8 Å². The summed E-state index contributed by atoms with van der Waals surface area (Å²) in [6.45, 7) is 5.38. The molecule has 2 amide bonds. The van der Waals surface area contributed by atoms with Crippen LogP contribution in [-0.4, -0.2) is 41.1 Å². The molecule has 196 valence electrons. The Morgan fingerprint density at radius 2 is 1.82 bits per heavy atom. The minimum Gasteiger partial charge on any atom is -0.483 e. The fourth-order valence-corrected chi connectivity index (χ4v) is 5.83. The number of likely N-dealkylation sites (N-methyl/N-ethyl adjacent to an activating group) is 1. The molecule has 1 N–H and O–H groups in total. The summed E-state index contributed by atoms with van der Waals surface area (Å²) in [6, 6.07) is 14.2. The average molecular weight is 512 g/mol. The maximum atomic E-state index is 14.3. The molecule has 1 fully saturated rings. The van der Waals surface area contributed by atoms with Gasteiger partial charge in [0.05, 0.1) is 0 Å².